The fraction of sp³-hybridized carbons (Fsp3) is 0.913. The van der Waals surface area contributed by atoms with Crippen LogP contribution in [0, 0.1) is 34.5 Å². The molecule has 0 bridgehead atoms. The van der Waals surface area contributed by atoms with Crippen LogP contribution in [0.25, 0.3) is 0 Å². The number of esters is 2. The fourth-order valence-electron chi connectivity index (χ4n) is 8.02. The van der Waals surface area contributed by atoms with Crippen molar-refractivity contribution in [2.75, 3.05) is 0 Å². The van der Waals surface area contributed by atoms with Crippen LogP contribution in [0.5, 0.6) is 0 Å². The van der Waals surface area contributed by atoms with Gasteiger partial charge in [0.2, 0.25) is 0 Å². The maximum atomic E-state index is 12.1. The summed E-state index contributed by atoms with van der Waals surface area (Å²) in [7, 11) is 0. The van der Waals surface area contributed by atoms with Crippen LogP contribution in [0.4, 0.5) is 0 Å². The van der Waals surface area contributed by atoms with Gasteiger partial charge in [0.05, 0.1) is 0 Å². The summed E-state index contributed by atoms with van der Waals surface area (Å²) >= 11 is 0. The lowest BCUT2D eigenvalue weighted by Crippen LogP contribution is -2.64. The highest BCUT2D eigenvalue weighted by atomic mass is 16.7. The van der Waals surface area contributed by atoms with E-state index in [-0.39, 0.29) is 22.8 Å². The molecule has 27 heavy (non-hydrogen) atoms. The Morgan fingerprint density at radius 1 is 0.815 bits per heavy atom. The summed E-state index contributed by atoms with van der Waals surface area (Å²) in [5.41, 5.74) is 0.0278. The first-order valence-electron chi connectivity index (χ1n) is 11.1. The van der Waals surface area contributed by atoms with Crippen molar-refractivity contribution < 1.29 is 19.1 Å². The summed E-state index contributed by atoms with van der Waals surface area (Å²) in [5.74, 6) is 0.656. The molecule has 6 atom stereocenters. The zero-order valence-electron chi connectivity index (χ0n) is 17.5. The Bertz CT molecular complexity index is 612. The average Bonchev–Trinajstić information content (AvgIpc) is 2.98. The van der Waals surface area contributed by atoms with Gasteiger partial charge in [-0.15, -0.1) is 0 Å². The van der Waals surface area contributed by atoms with E-state index in [4.69, 9.17) is 9.47 Å². The molecule has 0 amide bonds. The van der Waals surface area contributed by atoms with Gasteiger partial charge in [-0.1, -0.05) is 33.1 Å². The molecular formula is C23H36O4. The zero-order chi connectivity index (χ0) is 19.4. The number of fused-ring (bicyclic) bond motifs is 5. The van der Waals surface area contributed by atoms with Crippen molar-refractivity contribution in [1.82, 2.24) is 0 Å². The number of hydrogen-bond acceptors (Lipinski definition) is 4. The molecule has 0 spiro atoms. The number of carbonyl (C=O) groups excluding carboxylic acids is 2. The topological polar surface area (TPSA) is 52.6 Å². The van der Waals surface area contributed by atoms with Gasteiger partial charge < -0.3 is 9.47 Å². The van der Waals surface area contributed by atoms with Crippen molar-refractivity contribution in [3.63, 3.8) is 0 Å². The molecule has 4 rings (SSSR count). The van der Waals surface area contributed by atoms with Gasteiger partial charge in [0, 0.05) is 25.7 Å². The molecule has 4 saturated carbocycles. The molecule has 4 heteroatoms. The minimum Gasteiger partial charge on any atom is -0.422 e. The number of carbonyl (C=O) groups is 2. The van der Waals surface area contributed by atoms with Gasteiger partial charge in [-0.3, -0.25) is 9.59 Å². The minimum absolute atomic E-state index is 0.261. The molecule has 0 N–H and O–H groups in total. The van der Waals surface area contributed by atoms with E-state index in [1.807, 2.05) is 0 Å². The van der Waals surface area contributed by atoms with Crippen LogP contribution in [0.2, 0.25) is 0 Å². The first-order valence-corrected chi connectivity index (χ1v) is 11.1. The van der Waals surface area contributed by atoms with E-state index in [1.54, 1.807) is 0 Å². The molecule has 0 aromatic rings. The Morgan fingerprint density at radius 3 is 2.19 bits per heavy atom. The van der Waals surface area contributed by atoms with Crippen LogP contribution in [0.1, 0.15) is 91.9 Å². The molecule has 1 unspecified atom stereocenters. The highest BCUT2D eigenvalue weighted by Gasteiger charge is 2.69. The maximum absolute atomic E-state index is 12.1. The van der Waals surface area contributed by atoms with Crippen molar-refractivity contribution in [2.45, 2.75) is 97.7 Å². The van der Waals surface area contributed by atoms with E-state index in [9.17, 15) is 9.59 Å². The third-order valence-electron chi connectivity index (χ3n) is 9.19. The van der Waals surface area contributed by atoms with Gasteiger partial charge in [-0.05, 0) is 67.6 Å². The van der Waals surface area contributed by atoms with Crippen molar-refractivity contribution in [3.05, 3.63) is 0 Å². The molecular weight excluding hydrogens is 340 g/mol. The Hall–Kier alpha value is -1.06. The highest BCUT2D eigenvalue weighted by Crippen LogP contribution is 2.69. The van der Waals surface area contributed by atoms with Crippen molar-refractivity contribution in [2.24, 2.45) is 34.5 Å². The average molecular weight is 377 g/mol. The van der Waals surface area contributed by atoms with Crippen LogP contribution in [-0.4, -0.2) is 17.7 Å². The third kappa shape index (κ3) is 2.76. The summed E-state index contributed by atoms with van der Waals surface area (Å²) in [4.78, 5) is 24.3. The Morgan fingerprint density at radius 2 is 1.52 bits per heavy atom. The van der Waals surface area contributed by atoms with Crippen molar-refractivity contribution in [1.29, 1.82) is 0 Å². The third-order valence-corrected chi connectivity index (χ3v) is 9.19. The quantitative estimate of drug-likeness (QED) is 0.488. The first kappa shape index (κ1) is 19.3. The van der Waals surface area contributed by atoms with Gasteiger partial charge >= 0.3 is 11.9 Å². The van der Waals surface area contributed by atoms with E-state index >= 15 is 0 Å². The molecule has 0 radical (unpaired) electrons. The van der Waals surface area contributed by atoms with Gasteiger partial charge in [-0.25, -0.2) is 0 Å². The lowest BCUT2D eigenvalue weighted by atomic mass is 9.44. The van der Waals surface area contributed by atoms with Crippen LogP contribution in [0.3, 0.4) is 0 Å². The fourth-order valence-corrected chi connectivity index (χ4v) is 8.02. The van der Waals surface area contributed by atoms with Crippen molar-refractivity contribution >= 4 is 11.9 Å². The number of ether oxygens (including phenoxy) is 2. The van der Waals surface area contributed by atoms with Gasteiger partial charge in [-0.2, -0.15) is 0 Å². The van der Waals surface area contributed by atoms with Crippen LogP contribution in [-0.2, 0) is 19.1 Å². The van der Waals surface area contributed by atoms with Crippen molar-refractivity contribution in [3.8, 4) is 0 Å². The maximum Gasteiger partial charge on any atom is 0.305 e. The molecule has 4 fully saturated rings. The summed E-state index contributed by atoms with van der Waals surface area (Å²) < 4.78 is 12.0. The second-order valence-electron chi connectivity index (χ2n) is 10.4. The smallest absolute Gasteiger partial charge is 0.305 e. The Kier molecular flexibility index (Phi) is 4.63. The van der Waals surface area contributed by atoms with E-state index in [2.05, 4.69) is 13.8 Å². The number of rotatable bonds is 2. The van der Waals surface area contributed by atoms with Gasteiger partial charge in [0.25, 0.3) is 5.79 Å². The van der Waals surface area contributed by atoms with E-state index < -0.39 is 5.79 Å². The lowest BCUT2D eigenvalue weighted by Gasteiger charge is -2.63. The summed E-state index contributed by atoms with van der Waals surface area (Å²) in [5, 5.41) is 0. The number of hydrogen-bond donors (Lipinski definition) is 0. The summed E-state index contributed by atoms with van der Waals surface area (Å²) in [6.07, 6.45) is 11.8. The van der Waals surface area contributed by atoms with E-state index in [0.717, 1.165) is 18.8 Å². The molecule has 4 aliphatic rings. The molecule has 0 aromatic carbocycles. The lowest BCUT2D eigenvalue weighted by molar-refractivity contribution is -0.316. The van der Waals surface area contributed by atoms with E-state index in [0.29, 0.717) is 24.2 Å². The second-order valence-corrected chi connectivity index (χ2v) is 10.4. The highest BCUT2D eigenvalue weighted by molar-refractivity contribution is 5.69. The van der Waals surface area contributed by atoms with Gasteiger partial charge in [0.15, 0.2) is 0 Å². The van der Waals surface area contributed by atoms with Crippen LogP contribution >= 0.6 is 0 Å². The monoisotopic (exact) mass is 376 g/mol. The predicted octanol–water partition coefficient (Wildman–Crippen LogP) is 5.24. The SMILES string of the molecule is CC(=O)OC1(OC(C)=O)C[C@@H]2[C@@H](CCC3CCCC[C@@]32C)[C@@H]2CCC[C@]21C. The summed E-state index contributed by atoms with van der Waals surface area (Å²) in [6.45, 7) is 7.62. The second kappa shape index (κ2) is 6.49. The van der Waals surface area contributed by atoms with Gasteiger partial charge in [0.1, 0.15) is 0 Å². The Balaban J connectivity index is 1.79. The van der Waals surface area contributed by atoms with Crippen LogP contribution < -0.4 is 0 Å². The normalized spacial score (nSPS) is 45.2. The van der Waals surface area contributed by atoms with E-state index in [1.165, 1.54) is 58.8 Å². The summed E-state index contributed by atoms with van der Waals surface area (Å²) in [6, 6.07) is 0. The Labute approximate surface area is 163 Å². The molecule has 4 aliphatic carbocycles. The molecule has 0 aliphatic heterocycles. The molecule has 0 saturated heterocycles. The minimum atomic E-state index is -1.09. The molecule has 4 nitrogen and oxygen atoms in total. The first-order chi connectivity index (χ1) is 12.7. The molecule has 152 valence electrons. The molecule has 0 heterocycles. The van der Waals surface area contributed by atoms with Crippen LogP contribution in [0.15, 0.2) is 0 Å². The largest absolute Gasteiger partial charge is 0.422 e. The molecule has 0 aromatic heterocycles. The zero-order valence-corrected chi connectivity index (χ0v) is 17.5. The standard InChI is InChI=1S/C23H36O4/c1-15(24)26-23(27-16(2)25)14-20-18(19-9-7-13-22(19,23)4)11-10-17-8-5-6-12-21(17,20)3/h17-20H,5-14H2,1-4H3/t17?,18-,19-,20+,21-,22+/m0/s1. The predicted molar refractivity (Wildman–Crippen MR) is 103 cm³/mol.